The molecule has 0 saturated carbocycles. The third kappa shape index (κ3) is 5.63. The van der Waals surface area contributed by atoms with Crippen molar-refractivity contribution < 1.29 is 19.7 Å². The van der Waals surface area contributed by atoms with Crippen molar-refractivity contribution in [1.29, 1.82) is 0 Å². The van der Waals surface area contributed by atoms with E-state index in [2.05, 4.69) is 10.1 Å². The Labute approximate surface area is 65.0 Å². The number of hydrogen-bond acceptors (Lipinski definition) is 4. The van der Waals surface area contributed by atoms with Gasteiger partial charge in [-0.05, 0) is 6.92 Å². The van der Waals surface area contributed by atoms with Gasteiger partial charge in [-0.3, -0.25) is 0 Å². The summed E-state index contributed by atoms with van der Waals surface area (Å²) in [7, 11) is 0. The summed E-state index contributed by atoms with van der Waals surface area (Å²) in [5, 5.41) is 19.1. The zero-order valence-corrected chi connectivity index (χ0v) is 6.41. The minimum Gasteiger partial charge on any atom is -0.447 e. The third-order valence-corrected chi connectivity index (χ3v) is 0.963. The van der Waals surface area contributed by atoms with E-state index in [9.17, 15) is 4.79 Å². The van der Waals surface area contributed by atoms with E-state index in [4.69, 9.17) is 10.2 Å². The highest BCUT2D eigenvalue weighted by Gasteiger charge is 2.05. The zero-order valence-electron chi connectivity index (χ0n) is 6.41. The van der Waals surface area contributed by atoms with Gasteiger partial charge < -0.3 is 20.3 Å². The monoisotopic (exact) mass is 163 g/mol. The molecule has 0 unspecified atom stereocenters. The van der Waals surface area contributed by atoms with E-state index in [-0.39, 0.29) is 25.9 Å². The zero-order chi connectivity index (χ0) is 8.69. The minimum absolute atomic E-state index is 0.0238. The first-order valence-electron chi connectivity index (χ1n) is 3.35. The summed E-state index contributed by atoms with van der Waals surface area (Å²) in [4.78, 5) is 10.6. The summed E-state index contributed by atoms with van der Waals surface area (Å²) >= 11 is 0. The van der Waals surface area contributed by atoms with Crippen LogP contribution < -0.4 is 5.32 Å². The van der Waals surface area contributed by atoms with Gasteiger partial charge in [-0.1, -0.05) is 0 Å². The molecule has 0 aromatic heterocycles. The summed E-state index contributed by atoms with van der Waals surface area (Å²) in [5.74, 6) is 0. The lowest BCUT2D eigenvalue weighted by molar-refractivity contribution is 0.113. The number of carbonyl (C=O) groups is 1. The quantitative estimate of drug-likeness (QED) is 0.501. The molecule has 0 aliphatic heterocycles. The molecule has 0 spiro atoms. The summed E-state index contributed by atoms with van der Waals surface area (Å²) in [5.41, 5.74) is 0. The maximum absolute atomic E-state index is 10.6. The summed E-state index contributed by atoms with van der Waals surface area (Å²) in [6, 6.07) is -0.318. The number of ether oxygens (including phenoxy) is 1. The van der Waals surface area contributed by atoms with Crippen molar-refractivity contribution in [2.24, 2.45) is 0 Å². The average molecular weight is 163 g/mol. The Kier molecular flexibility index (Phi) is 5.50. The van der Waals surface area contributed by atoms with Gasteiger partial charge in [-0.2, -0.15) is 0 Å². The molecule has 11 heavy (non-hydrogen) atoms. The average Bonchev–Trinajstić information content (AvgIpc) is 2.00. The van der Waals surface area contributed by atoms with E-state index in [1.165, 1.54) is 0 Å². The number of alkyl carbamates (subject to hydrolysis) is 1. The normalized spacial score (nSPS) is 12.3. The van der Waals surface area contributed by atoms with Crippen LogP contribution in [0.25, 0.3) is 0 Å². The SMILES string of the molecule is C[C@@H](CO)NC(=O)OCCO. The molecular weight excluding hydrogens is 150 g/mol. The first-order chi connectivity index (χ1) is 5.20. The summed E-state index contributed by atoms with van der Waals surface area (Å²) in [6.45, 7) is 1.29. The predicted octanol–water partition coefficient (Wildman–Crippen LogP) is -0.914. The molecule has 0 heterocycles. The van der Waals surface area contributed by atoms with Crippen LogP contribution in [-0.2, 0) is 4.74 Å². The molecule has 5 heteroatoms. The highest BCUT2D eigenvalue weighted by atomic mass is 16.6. The Morgan fingerprint density at radius 3 is 2.73 bits per heavy atom. The van der Waals surface area contributed by atoms with Crippen molar-refractivity contribution >= 4 is 6.09 Å². The van der Waals surface area contributed by atoms with Crippen molar-refractivity contribution in [1.82, 2.24) is 5.32 Å². The van der Waals surface area contributed by atoms with Gasteiger partial charge in [-0.15, -0.1) is 0 Å². The van der Waals surface area contributed by atoms with E-state index < -0.39 is 6.09 Å². The number of amides is 1. The van der Waals surface area contributed by atoms with Crippen LogP contribution in [0.2, 0.25) is 0 Å². The highest BCUT2D eigenvalue weighted by Crippen LogP contribution is 1.81. The Morgan fingerprint density at radius 1 is 1.64 bits per heavy atom. The highest BCUT2D eigenvalue weighted by molar-refractivity contribution is 5.67. The van der Waals surface area contributed by atoms with E-state index in [0.29, 0.717) is 0 Å². The van der Waals surface area contributed by atoms with Crippen molar-refractivity contribution in [3.05, 3.63) is 0 Å². The topological polar surface area (TPSA) is 78.8 Å². The molecule has 0 fully saturated rings. The minimum atomic E-state index is -0.624. The lowest BCUT2D eigenvalue weighted by atomic mass is 10.4. The van der Waals surface area contributed by atoms with Gasteiger partial charge in [0.25, 0.3) is 0 Å². The van der Waals surface area contributed by atoms with E-state index in [0.717, 1.165) is 0 Å². The van der Waals surface area contributed by atoms with Crippen molar-refractivity contribution in [2.75, 3.05) is 19.8 Å². The molecule has 0 aromatic carbocycles. The van der Waals surface area contributed by atoms with Crippen LogP contribution in [0.3, 0.4) is 0 Å². The maximum Gasteiger partial charge on any atom is 0.407 e. The largest absolute Gasteiger partial charge is 0.447 e. The van der Waals surface area contributed by atoms with Gasteiger partial charge in [-0.25, -0.2) is 4.79 Å². The fraction of sp³-hybridized carbons (Fsp3) is 0.833. The molecule has 5 nitrogen and oxygen atoms in total. The van der Waals surface area contributed by atoms with Gasteiger partial charge in [0.15, 0.2) is 0 Å². The lowest BCUT2D eigenvalue weighted by Crippen LogP contribution is -2.35. The van der Waals surface area contributed by atoms with Crippen LogP contribution in [0, 0.1) is 0 Å². The van der Waals surface area contributed by atoms with Crippen LogP contribution in [0.5, 0.6) is 0 Å². The second-order valence-corrected chi connectivity index (χ2v) is 2.09. The molecule has 1 amide bonds. The molecule has 1 atom stereocenters. The summed E-state index contributed by atoms with van der Waals surface area (Å²) < 4.78 is 4.45. The van der Waals surface area contributed by atoms with Crippen LogP contribution >= 0.6 is 0 Å². The molecule has 0 aromatic rings. The van der Waals surface area contributed by atoms with Gasteiger partial charge in [0.2, 0.25) is 0 Å². The van der Waals surface area contributed by atoms with E-state index in [1.54, 1.807) is 6.92 Å². The second-order valence-electron chi connectivity index (χ2n) is 2.09. The summed E-state index contributed by atoms with van der Waals surface area (Å²) in [6.07, 6.45) is -0.624. The standard InChI is InChI=1S/C6H13NO4/c1-5(4-9)7-6(10)11-3-2-8/h5,8-9H,2-4H2,1H3,(H,7,10)/t5-/m0/s1. The van der Waals surface area contributed by atoms with Crippen molar-refractivity contribution in [2.45, 2.75) is 13.0 Å². The van der Waals surface area contributed by atoms with Crippen LogP contribution in [-0.4, -0.2) is 42.2 Å². The Morgan fingerprint density at radius 2 is 2.27 bits per heavy atom. The van der Waals surface area contributed by atoms with Gasteiger partial charge in [0, 0.05) is 0 Å². The Hall–Kier alpha value is -0.810. The molecule has 0 saturated heterocycles. The molecule has 0 rings (SSSR count). The molecule has 0 bridgehead atoms. The van der Waals surface area contributed by atoms with Crippen LogP contribution in [0.15, 0.2) is 0 Å². The Balaban J connectivity index is 3.36. The van der Waals surface area contributed by atoms with Gasteiger partial charge >= 0.3 is 6.09 Å². The van der Waals surface area contributed by atoms with E-state index in [1.807, 2.05) is 0 Å². The Bertz CT molecular complexity index is 117. The first kappa shape index (κ1) is 10.2. The molecule has 3 N–H and O–H groups in total. The smallest absolute Gasteiger partial charge is 0.407 e. The lowest BCUT2D eigenvalue weighted by Gasteiger charge is -2.09. The van der Waals surface area contributed by atoms with E-state index >= 15 is 0 Å². The first-order valence-corrected chi connectivity index (χ1v) is 3.35. The molecule has 0 radical (unpaired) electrons. The number of rotatable bonds is 4. The second kappa shape index (κ2) is 5.94. The van der Waals surface area contributed by atoms with Crippen LogP contribution in [0.4, 0.5) is 4.79 Å². The third-order valence-electron chi connectivity index (χ3n) is 0.963. The molecule has 66 valence electrons. The number of aliphatic hydroxyl groups is 2. The van der Waals surface area contributed by atoms with Gasteiger partial charge in [0.05, 0.1) is 19.3 Å². The number of hydrogen-bond donors (Lipinski definition) is 3. The molecule has 0 aliphatic rings. The number of aliphatic hydroxyl groups excluding tert-OH is 2. The van der Waals surface area contributed by atoms with Crippen molar-refractivity contribution in [3.8, 4) is 0 Å². The van der Waals surface area contributed by atoms with Crippen LogP contribution in [0.1, 0.15) is 6.92 Å². The number of nitrogens with one attached hydrogen (secondary N) is 1. The van der Waals surface area contributed by atoms with Crippen molar-refractivity contribution in [3.63, 3.8) is 0 Å². The maximum atomic E-state index is 10.6. The number of carbonyl (C=O) groups excluding carboxylic acids is 1. The molecular formula is C6H13NO4. The van der Waals surface area contributed by atoms with Gasteiger partial charge in [0.1, 0.15) is 6.61 Å². The predicted molar refractivity (Wildman–Crippen MR) is 38.1 cm³/mol. The fourth-order valence-corrected chi connectivity index (χ4v) is 0.427. The molecule has 0 aliphatic carbocycles. The fourth-order valence-electron chi connectivity index (χ4n) is 0.427.